The van der Waals surface area contributed by atoms with Crippen molar-refractivity contribution in [2.75, 3.05) is 26.3 Å². The first-order valence-corrected chi connectivity index (χ1v) is 14.1. The molecule has 2 aromatic carbocycles. The Bertz CT molecular complexity index is 1030. The highest BCUT2D eigenvalue weighted by Crippen LogP contribution is 2.42. The number of carbonyl (C=O) groups excluding carboxylic acids is 2. The van der Waals surface area contributed by atoms with Gasteiger partial charge < -0.3 is 20.1 Å². The molecule has 2 N–H and O–H groups in total. The summed E-state index contributed by atoms with van der Waals surface area (Å²) in [4.78, 5) is 26.0. The monoisotopic (exact) mass is 536 g/mol. The molecule has 0 bridgehead atoms. The Hall–Kier alpha value is -2.93. The van der Waals surface area contributed by atoms with Crippen LogP contribution in [0.25, 0.3) is 0 Å². The number of nitrogens with two attached hydrogens (primary N) is 1. The Kier molecular flexibility index (Phi) is 9.08. The fourth-order valence-corrected chi connectivity index (χ4v) is 6.44. The average molecular weight is 537 g/mol. The molecule has 2 fully saturated rings. The molecule has 204 valence electrons. The fourth-order valence-electron chi connectivity index (χ4n) is 6.26. The molecule has 4 rings (SSSR count). The number of thiocarbonyl (C=S) groups is 1. The maximum absolute atomic E-state index is 11.9. The Balaban J connectivity index is 1.39. The highest BCUT2D eigenvalue weighted by molar-refractivity contribution is 7.80. The van der Waals surface area contributed by atoms with Crippen LogP contribution < -0.4 is 5.73 Å². The standard InChI is InChI=1S/C31H40N2O4S/c1-30(23-11-5-3-6-12-23,25-19-27(34)36-21-25)15-9-17-33(29(32)38)18-10-16-31(2,24-13-7-4-8-14-24)26-20-28(35)37-22-26/h3-8,11-14,25-26H,9-10,15-22H2,1-2H3,(H2,32,38). The van der Waals surface area contributed by atoms with Crippen LogP contribution in [0.1, 0.15) is 63.5 Å². The molecule has 0 aromatic heterocycles. The smallest absolute Gasteiger partial charge is 0.306 e. The lowest BCUT2D eigenvalue weighted by Gasteiger charge is -2.37. The lowest BCUT2D eigenvalue weighted by atomic mass is 9.68. The van der Waals surface area contributed by atoms with Gasteiger partial charge in [0, 0.05) is 24.9 Å². The van der Waals surface area contributed by atoms with Crippen LogP contribution in [0.4, 0.5) is 0 Å². The van der Waals surface area contributed by atoms with Crippen LogP contribution in [0.15, 0.2) is 60.7 Å². The number of cyclic esters (lactones) is 2. The van der Waals surface area contributed by atoms with Crippen LogP contribution in [-0.4, -0.2) is 48.3 Å². The molecule has 0 radical (unpaired) electrons. The predicted molar refractivity (Wildman–Crippen MR) is 153 cm³/mol. The predicted octanol–water partition coefficient (Wildman–Crippen LogP) is 5.13. The van der Waals surface area contributed by atoms with Crippen molar-refractivity contribution in [1.82, 2.24) is 4.90 Å². The van der Waals surface area contributed by atoms with Gasteiger partial charge in [-0.25, -0.2) is 0 Å². The molecule has 0 aliphatic carbocycles. The Labute approximate surface area is 231 Å². The van der Waals surface area contributed by atoms with Gasteiger partial charge in [-0.15, -0.1) is 0 Å². The van der Waals surface area contributed by atoms with Gasteiger partial charge in [0.05, 0.1) is 26.1 Å². The molecule has 0 amide bonds. The zero-order chi connectivity index (χ0) is 27.2. The van der Waals surface area contributed by atoms with Gasteiger partial charge in [-0.1, -0.05) is 74.5 Å². The van der Waals surface area contributed by atoms with Gasteiger partial charge in [0.1, 0.15) is 0 Å². The van der Waals surface area contributed by atoms with E-state index < -0.39 is 0 Å². The summed E-state index contributed by atoms with van der Waals surface area (Å²) >= 11 is 5.44. The van der Waals surface area contributed by atoms with Crippen molar-refractivity contribution in [3.63, 3.8) is 0 Å². The summed E-state index contributed by atoms with van der Waals surface area (Å²) in [5.41, 5.74) is 8.29. The summed E-state index contributed by atoms with van der Waals surface area (Å²) in [7, 11) is 0. The van der Waals surface area contributed by atoms with E-state index in [1.807, 2.05) is 12.1 Å². The van der Waals surface area contributed by atoms with Gasteiger partial charge in [-0.05, 0) is 59.9 Å². The van der Waals surface area contributed by atoms with Crippen molar-refractivity contribution in [1.29, 1.82) is 0 Å². The molecule has 2 saturated heterocycles. The van der Waals surface area contributed by atoms with Crippen molar-refractivity contribution in [2.45, 2.75) is 63.2 Å². The number of hydrogen-bond donors (Lipinski definition) is 1. The van der Waals surface area contributed by atoms with Gasteiger partial charge in [-0.3, -0.25) is 9.59 Å². The molecule has 38 heavy (non-hydrogen) atoms. The highest BCUT2D eigenvalue weighted by atomic mass is 32.1. The summed E-state index contributed by atoms with van der Waals surface area (Å²) in [6, 6.07) is 20.9. The number of esters is 2. The van der Waals surface area contributed by atoms with Crippen molar-refractivity contribution < 1.29 is 19.1 Å². The second kappa shape index (κ2) is 12.3. The van der Waals surface area contributed by atoms with Crippen LogP contribution in [0, 0.1) is 11.8 Å². The molecule has 4 atom stereocenters. The quantitative estimate of drug-likeness (QED) is 0.297. The normalized spacial score (nSPS) is 22.3. The molecule has 2 aromatic rings. The van der Waals surface area contributed by atoms with Crippen LogP contribution in [0.3, 0.4) is 0 Å². The largest absolute Gasteiger partial charge is 0.465 e. The number of rotatable bonds is 12. The third kappa shape index (κ3) is 6.37. The van der Waals surface area contributed by atoms with E-state index in [9.17, 15) is 9.59 Å². The molecule has 2 heterocycles. The van der Waals surface area contributed by atoms with Crippen LogP contribution >= 0.6 is 12.2 Å². The van der Waals surface area contributed by atoms with Crippen molar-refractivity contribution in [3.05, 3.63) is 71.8 Å². The molecule has 4 unspecified atom stereocenters. The van der Waals surface area contributed by atoms with E-state index in [0.717, 1.165) is 38.8 Å². The molecule has 0 saturated carbocycles. The maximum atomic E-state index is 11.9. The van der Waals surface area contributed by atoms with E-state index in [-0.39, 0.29) is 34.6 Å². The lowest BCUT2D eigenvalue weighted by molar-refractivity contribution is -0.138. The minimum Gasteiger partial charge on any atom is -0.465 e. The molecule has 7 heteroatoms. The van der Waals surface area contributed by atoms with E-state index in [1.165, 1.54) is 11.1 Å². The topological polar surface area (TPSA) is 81.9 Å². The van der Waals surface area contributed by atoms with Gasteiger partial charge in [-0.2, -0.15) is 0 Å². The van der Waals surface area contributed by atoms with Crippen LogP contribution in [0.5, 0.6) is 0 Å². The van der Waals surface area contributed by atoms with Gasteiger partial charge in [0.2, 0.25) is 0 Å². The highest BCUT2D eigenvalue weighted by Gasteiger charge is 2.42. The fraction of sp³-hybridized carbons (Fsp3) is 0.516. The second-order valence-corrected chi connectivity index (χ2v) is 11.7. The van der Waals surface area contributed by atoms with Crippen LogP contribution in [-0.2, 0) is 29.9 Å². The number of nitrogens with zero attached hydrogens (tertiary/aromatic N) is 1. The summed E-state index contributed by atoms with van der Waals surface area (Å²) in [6.07, 6.45) is 4.51. The number of hydrogen-bond acceptors (Lipinski definition) is 5. The summed E-state index contributed by atoms with van der Waals surface area (Å²) < 4.78 is 10.7. The zero-order valence-corrected chi connectivity index (χ0v) is 23.4. The van der Waals surface area contributed by atoms with E-state index in [0.29, 0.717) is 31.2 Å². The Morgan fingerprint density at radius 2 is 1.21 bits per heavy atom. The minimum absolute atomic E-state index is 0.113. The maximum Gasteiger partial charge on any atom is 0.306 e. The van der Waals surface area contributed by atoms with Gasteiger partial charge >= 0.3 is 11.9 Å². The average Bonchev–Trinajstić information content (AvgIpc) is 3.57. The number of ether oxygens (including phenoxy) is 2. The molecule has 0 spiro atoms. The first-order valence-electron chi connectivity index (χ1n) is 13.7. The van der Waals surface area contributed by atoms with E-state index >= 15 is 0 Å². The van der Waals surface area contributed by atoms with Crippen LogP contribution in [0.2, 0.25) is 0 Å². The van der Waals surface area contributed by atoms with Gasteiger partial charge in [0.25, 0.3) is 0 Å². The summed E-state index contributed by atoms with van der Waals surface area (Å²) in [6.45, 7) is 6.94. The minimum atomic E-state index is -0.170. The third-order valence-corrected chi connectivity index (χ3v) is 9.20. The first kappa shape index (κ1) is 28.1. The van der Waals surface area contributed by atoms with Crippen molar-refractivity contribution in [3.8, 4) is 0 Å². The Morgan fingerprint density at radius 3 is 1.53 bits per heavy atom. The third-order valence-electron chi connectivity index (χ3n) is 8.95. The molecule has 6 nitrogen and oxygen atoms in total. The molecule has 2 aliphatic heterocycles. The van der Waals surface area contributed by atoms with E-state index in [2.05, 4.69) is 67.3 Å². The molecular weight excluding hydrogens is 496 g/mol. The SMILES string of the molecule is CC(CCCN(CCCC(C)(c1ccccc1)C1COC(=O)C1)C(N)=S)(c1ccccc1)C1COC(=O)C1. The second-order valence-electron chi connectivity index (χ2n) is 11.3. The first-order chi connectivity index (χ1) is 18.2. The van der Waals surface area contributed by atoms with Crippen molar-refractivity contribution in [2.24, 2.45) is 17.6 Å². The summed E-state index contributed by atoms with van der Waals surface area (Å²) in [5, 5.41) is 0.409. The molecular formula is C31H40N2O4S. The zero-order valence-electron chi connectivity index (χ0n) is 22.6. The van der Waals surface area contributed by atoms with E-state index in [4.69, 9.17) is 27.4 Å². The number of carbonyl (C=O) groups is 2. The van der Waals surface area contributed by atoms with E-state index in [1.54, 1.807) is 0 Å². The Morgan fingerprint density at radius 1 is 0.816 bits per heavy atom. The summed E-state index contributed by atoms with van der Waals surface area (Å²) in [5.74, 6) is 0.0766. The number of benzene rings is 2. The molecule has 2 aliphatic rings. The van der Waals surface area contributed by atoms with Gasteiger partial charge in [0.15, 0.2) is 5.11 Å². The lowest BCUT2D eigenvalue weighted by Crippen LogP contribution is -2.40. The van der Waals surface area contributed by atoms with Crippen molar-refractivity contribution >= 4 is 29.3 Å².